The van der Waals surface area contributed by atoms with Crippen molar-refractivity contribution in [3.8, 4) is 0 Å². The van der Waals surface area contributed by atoms with Crippen molar-refractivity contribution in [2.75, 3.05) is 0 Å². The summed E-state index contributed by atoms with van der Waals surface area (Å²) in [5, 5.41) is 0. The van der Waals surface area contributed by atoms with Crippen LogP contribution in [0.3, 0.4) is 0 Å². The molecule has 2 aromatic carbocycles. The first kappa shape index (κ1) is 23.1. The standard InChI is InChI=1S/C24H32S2Se2Te/c1-13(2)17-9-11-19(15(5)6)23-21(17)25-29(27-23)26-22-18(14(3)4)10-12-20(16(7)8)24(22)28-29/h9-16H,1-8H3. The third-order valence-electron chi connectivity index (χ3n) is 5.58. The fourth-order valence-corrected chi connectivity index (χ4v) is 76.4. The molecule has 0 radical (unpaired) electrons. The first-order valence-electron chi connectivity index (χ1n) is 10.6. The molecule has 1 spiro atoms. The Morgan fingerprint density at radius 2 is 0.862 bits per heavy atom. The van der Waals surface area contributed by atoms with Crippen molar-refractivity contribution in [1.29, 1.82) is 0 Å². The van der Waals surface area contributed by atoms with Crippen molar-refractivity contribution in [2.45, 2.75) is 88.9 Å². The van der Waals surface area contributed by atoms with E-state index in [9.17, 15) is 0 Å². The summed E-state index contributed by atoms with van der Waals surface area (Å²) in [6.45, 7) is 19.1. The second-order valence-corrected chi connectivity index (χ2v) is 65.0. The van der Waals surface area contributed by atoms with Crippen molar-refractivity contribution in [2.24, 2.45) is 0 Å². The van der Waals surface area contributed by atoms with E-state index in [1.54, 1.807) is 32.0 Å². The summed E-state index contributed by atoms with van der Waals surface area (Å²) in [6.07, 6.45) is 0. The van der Waals surface area contributed by atoms with E-state index >= 15 is 0 Å². The summed E-state index contributed by atoms with van der Waals surface area (Å²) < 4.78 is 3.62. The van der Waals surface area contributed by atoms with Gasteiger partial charge in [0.15, 0.2) is 0 Å². The molecule has 0 bridgehead atoms. The van der Waals surface area contributed by atoms with Gasteiger partial charge in [-0.1, -0.05) is 0 Å². The molecule has 4 rings (SSSR count). The summed E-state index contributed by atoms with van der Waals surface area (Å²) >= 11 is 1.42. The number of hydrogen-bond acceptors (Lipinski definition) is 2. The van der Waals surface area contributed by atoms with Crippen LogP contribution in [0.25, 0.3) is 0 Å². The van der Waals surface area contributed by atoms with Crippen LogP contribution in [0, 0.1) is 0 Å². The number of hydrogen-bond donors (Lipinski definition) is 0. The van der Waals surface area contributed by atoms with E-state index in [-0.39, 0.29) is 0 Å². The summed E-state index contributed by atoms with van der Waals surface area (Å²) in [6, 6.07) is 9.87. The van der Waals surface area contributed by atoms with E-state index in [4.69, 9.17) is 0 Å². The van der Waals surface area contributed by atoms with Gasteiger partial charge in [-0.15, -0.1) is 0 Å². The first-order chi connectivity index (χ1) is 13.6. The molecule has 0 fully saturated rings. The summed E-state index contributed by atoms with van der Waals surface area (Å²) in [4.78, 5) is 3.46. The van der Waals surface area contributed by atoms with Crippen LogP contribution in [-0.4, -0.2) is 34.5 Å². The summed E-state index contributed by atoms with van der Waals surface area (Å²) in [5.74, 6) is 2.54. The predicted octanol–water partition coefficient (Wildman–Crippen LogP) is 6.19. The number of rotatable bonds is 4. The topological polar surface area (TPSA) is 0 Å². The van der Waals surface area contributed by atoms with Gasteiger partial charge in [0.1, 0.15) is 0 Å². The molecular weight excluding hydrogens is 638 g/mol. The molecule has 0 nitrogen and oxygen atoms in total. The zero-order chi connectivity index (χ0) is 21.1. The van der Waals surface area contributed by atoms with Crippen molar-refractivity contribution in [3.63, 3.8) is 0 Å². The first-order valence-corrected chi connectivity index (χ1v) is 30.8. The quantitative estimate of drug-likeness (QED) is 0.357. The zero-order valence-corrected chi connectivity index (χ0v) is 26.0. The molecule has 0 unspecified atom stereocenters. The van der Waals surface area contributed by atoms with Gasteiger partial charge in [-0.05, 0) is 0 Å². The van der Waals surface area contributed by atoms with Crippen molar-refractivity contribution >= 4 is 61.4 Å². The molecule has 2 aliphatic heterocycles. The van der Waals surface area contributed by atoms with Gasteiger partial charge in [0.05, 0.1) is 0 Å². The van der Waals surface area contributed by atoms with Crippen LogP contribution in [-0.2, 0) is 0 Å². The van der Waals surface area contributed by atoms with Gasteiger partial charge in [0.2, 0.25) is 0 Å². The maximum atomic E-state index is 2.47. The molecule has 0 aliphatic carbocycles. The van der Waals surface area contributed by atoms with E-state index in [2.05, 4.69) is 97.6 Å². The fourth-order valence-electron chi connectivity index (χ4n) is 3.86. The van der Waals surface area contributed by atoms with Gasteiger partial charge < -0.3 is 0 Å². The molecule has 0 atom stereocenters. The average Bonchev–Trinajstić information content (AvgIpc) is 3.18. The molecule has 0 aromatic heterocycles. The molecular formula is C24H32S2Se2Te. The third-order valence-corrected chi connectivity index (χ3v) is 62.2. The van der Waals surface area contributed by atoms with E-state index in [0.29, 0.717) is 47.2 Å². The molecule has 158 valence electrons. The Balaban J connectivity index is 1.81. The Kier molecular flexibility index (Phi) is 6.96. The van der Waals surface area contributed by atoms with Crippen molar-refractivity contribution < 1.29 is 0 Å². The Labute approximate surface area is 194 Å². The van der Waals surface area contributed by atoms with E-state index < -0.39 is 11.0 Å². The van der Waals surface area contributed by atoms with Gasteiger partial charge >= 0.3 is 197 Å². The number of benzene rings is 2. The molecule has 5 heteroatoms. The fraction of sp³-hybridized carbons (Fsp3) is 0.500. The van der Waals surface area contributed by atoms with Gasteiger partial charge in [-0.2, -0.15) is 0 Å². The molecule has 0 amide bonds. The van der Waals surface area contributed by atoms with Crippen LogP contribution in [0.5, 0.6) is 0 Å². The Morgan fingerprint density at radius 1 is 0.552 bits per heavy atom. The summed E-state index contributed by atoms with van der Waals surface area (Å²) in [5.41, 5.74) is 6.56. The second-order valence-electron chi connectivity index (χ2n) is 9.16. The third kappa shape index (κ3) is 4.18. The number of fused-ring (bicyclic) bond motifs is 2. The minimum atomic E-state index is -2.09. The normalized spacial score (nSPS) is 18.3. The maximum absolute atomic E-state index is 2.47. The van der Waals surface area contributed by atoms with Crippen molar-refractivity contribution in [3.05, 3.63) is 46.5 Å². The van der Waals surface area contributed by atoms with Crippen LogP contribution in [0.15, 0.2) is 34.1 Å². The van der Waals surface area contributed by atoms with Gasteiger partial charge in [-0.3, -0.25) is 0 Å². The SMILES string of the molecule is CC(C)c1ccc(C(C)C)c2c1S[Te]1(Sc3c(C(C)C)ccc(C(C)C)c3[Se]1)[Se]2. The Hall–Kier alpha value is 0.969. The van der Waals surface area contributed by atoms with Gasteiger partial charge in [0.25, 0.3) is 0 Å². The molecule has 2 aliphatic rings. The molecule has 29 heavy (non-hydrogen) atoms. The Morgan fingerprint density at radius 3 is 1.17 bits per heavy atom. The molecule has 2 heterocycles. The zero-order valence-electron chi connectivity index (χ0n) is 18.7. The van der Waals surface area contributed by atoms with E-state index in [0.717, 1.165) is 0 Å². The van der Waals surface area contributed by atoms with Gasteiger partial charge in [-0.25, -0.2) is 0 Å². The van der Waals surface area contributed by atoms with E-state index in [1.165, 1.54) is 0 Å². The second kappa shape index (κ2) is 8.72. The monoisotopic (exact) mass is 674 g/mol. The van der Waals surface area contributed by atoms with Crippen LogP contribution in [0.1, 0.15) is 101 Å². The average molecular weight is 670 g/mol. The predicted molar refractivity (Wildman–Crippen MR) is 137 cm³/mol. The Bertz CT molecular complexity index is 795. The molecule has 0 N–H and O–H groups in total. The van der Waals surface area contributed by atoms with E-state index in [1.807, 2.05) is 8.92 Å². The molecule has 0 saturated carbocycles. The van der Waals surface area contributed by atoms with Crippen LogP contribution >= 0.6 is 18.0 Å². The molecule has 2 aromatic rings. The van der Waals surface area contributed by atoms with Gasteiger partial charge in [0, 0.05) is 0 Å². The molecule has 0 saturated heterocycles. The summed E-state index contributed by atoms with van der Waals surface area (Å²) in [7, 11) is 2.79. The van der Waals surface area contributed by atoms with Crippen LogP contribution in [0.2, 0.25) is 0 Å². The minimum absolute atomic E-state index is 0.630. The van der Waals surface area contributed by atoms with Crippen LogP contribution in [0.4, 0.5) is 0 Å². The van der Waals surface area contributed by atoms with Crippen LogP contribution < -0.4 is 8.92 Å². The van der Waals surface area contributed by atoms with Crippen molar-refractivity contribution in [1.82, 2.24) is 0 Å².